The van der Waals surface area contributed by atoms with Crippen LogP contribution in [0, 0.1) is 0 Å². The zero-order valence-corrected chi connectivity index (χ0v) is 10.3. The standard InChI is InChI=1S/C11H6N6OS/c12-17-16-10(18)8-5-19-11(15-8)7-2-4-14-9-6(7)1-3-13-9/h1-5H,(H,13,14). The number of nitrogens with zero attached hydrogens (tertiary/aromatic N) is 5. The number of azide groups is 1. The molecule has 3 heterocycles. The molecule has 92 valence electrons. The number of carbonyl (C=O) groups is 1. The first kappa shape index (κ1) is 11.4. The Morgan fingerprint density at radius 1 is 1.47 bits per heavy atom. The summed E-state index contributed by atoms with van der Waals surface area (Å²) >= 11 is 1.32. The number of hydrogen-bond donors (Lipinski definition) is 1. The molecule has 0 aliphatic heterocycles. The van der Waals surface area contributed by atoms with Gasteiger partial charge in [0.05, 0.1) is 0 Å². The molecule has 8 heteroatoms. The minimum Gasteiger partial charge on any atom is -0.346 e. The Bertz CT molecular complexity index is 813. The predicted octanol–water partition coefficient (Wildman–Crippen LogP) is 3.14. The van der Waals surface area contributed by atoms with Crippen LogP contribution in [0.3, 0.4) is 0 Å². The zero-order valence-electron chi connectivity index (χ0n) is 9.44. The molecular weight excluding hydrogens is 264 g/mol. The van der Waals surface area contributed by atoms with Crippen molar-refractivity contribution in [3.8, 4) is 10.6 Å². The van der Waals surface area contributed by atoms with E-state index in [4.69, 9.17) is 5.53 Å². The lowest BCUT2D eigenvalue weighted by Crippen LogP contribution is -1.93. The Morgan fingerprint density at radius 3 is 3.21 bits per heavy atom. The third kappa shape index (κ3) is 1.95. The Morgan fingerprint density at radius 2 is 2.37 bits per heavy atom. The van der Waals surface area contributed by atoms with E-state index >= 15 is 0 Å². The summed E-state index contributed by atoms with van der Waals surface area (Å²) in [4.78, 5) is 25.3. The van der Waals surface area contributed by atoms with Crippen LogP contribution in [0.1, 0.15) is 10.5 Å². The number of aromatic nitrogens is 3. The Hall–Kier alpha value is -2.70. The molecule has 0 unspecified atom stereocenters. The molecule has 3 aromatic heterocycles. The van der Waals surface area contributed by atoms with Gasteiger partial charge in [0.15, 0.2) is 0 Å². The van der Waals surface area contributed by atoms with Gasteiger partial charge in [0, 0.05) is 33.6 Å². The lowest BCUT2D eigenvalue weighted by atomic mass is 10.2. The van der Waals surface area contributed by atoms with Crippen molar-refractivity contribution < 1.29 is 4.79 Å². The van der Waals surface area contributed by atoms with E-state index < -0.39 is 5.91 Å². The normalized spacial score (nSPS) is 10.3. The van der Waals surface area contributed by atoms with Gasteiger partial charge in [0.25, 0.3) is 5.91 Å². The van der Waals surface area contributed by atoms with E-state index in [0.29, 0.717) is 5.01 Å². The molecule has 0 fully saturated rings. The maximum absolute atomic E-state index is 11.4. The second-order valence-corrected chi connectivity index (χ2v) is 4.49. The van der Waals surface area contributed by atoms with Gasteiger partial charge in [-0.3, -0.25) is 4.79 Å². The molecule has 0 bridgehead atoms. The molecule has 0 aromatic carbocycles. The summed E-state index contributed by atoms with van der Waals surface area (Å²) in [6.45, 7) is 0. The Balaban J connectivity index is 2.10. The highest BCUT2D eigenvalue weighted by molar-refractivity contribution is 7.13. The van der Waals surface area contributed by atoms with Crippen molar-refractivity contribution in [3.63, 3.8) is 0 Å². The number of thiazole rings is 1. The first-order chi connectivity index (χ1) is 9.29. The molecule has 0 spiro atoms. The largest absolute Gasteiger partial charge is 0.346 e. The van der Waals surface area contributed by atoms with E-state index in [2.05, 4.69) is 25.0 Å². The molecule has 3 rings (SSSR count). The average Bonchev–Trinajstić information content (AvgIpc) is 3.07. The molecule has 0 aliphatic carbocycles. The molecule has 0 radical (unpaired) electrons. The second kappa shape index (κ2) is 4.52. The van der Waals surface area contributed by atoms with Gasteiger partial charge in [0.1, 0.15) is 16.3 Å². The van der Waals surface area contributed by atoms with Crippen LogP contribution in [0.15, 0.2) is 35.0 Å². The minimum atomic E-state index is -0.677. The number of aromatic amines is 1. The maximum Gasteiger partial charge on any atom is 0.268 e. The average molecular weight is 270 g/mol. The van der Waals surface area contributed by atoms with Crippen LogP contribution in [-0.2, 0) is 0 Å². The molecule has 7 nitrogen and oxygen atoms in total. The first-order valence-electron chi connectivity index (χ1n) is 5.27. The Labute approximate surface area is 110 Å². The predicted molar refractivity (Wildman–Crippen MR) is 70.7 cm³/mol. The summed E-state index contributed by atoms with van der Waals surface area (Å²) in [6.07, 6.45) is 3.46. The van der Waals surface area contributed by atoms with Gasteiger partial charge >= 0.3 is 0 Å². The molecule has 0 aliphatic rings. The van der Waals surface area contributed by atoms with Crippen LogP contribution >= 0.6 is 11.3 Å². The number of carbonyl (C=O) groups excluding carboxylic acids is 1. The van der Waals surface area contributed by atoms with Gasteiger partial charge in [-0.15, -0.1) is 11.3 Å². The quantitative estimate of drug-likeness (QED) is 0.439. The zero-order chi connectivity index (χ0) is 13.2. The molecule has 0 saturated heterocycles. The van der Waals surface area contributed by atoms with Gasteiger partial charge in [-0.05, 0) is 22.8 Å². The first-order valence-corrected chi connectivity index (χ1v) is 6.15. The van der Waals surface area contributed by atoms with E-state index in [1.54, 1.807) is 17.8 Å². The van der Waals surface area contributed by atoms with E-state index in [0.717, 1.165) is 16.6 Å². The summed E-state index contributed by atoms with van der Waals surface area (Å²) in [5.74, 6) is -0.677. The molecule has 19 heavy (non-hydrogen) atoms. The van der Waals surface area contributed by atoms with Crippen molar-refractivity contribution in [3.05, 3.63) is 46.0 Å². The highest BCUT2D eigenvalue weighted by Crippen LogP contribution is 2.29. The number of nitrogens with one attached hydrogen (secondary N) is 1. The number of pyridine rings is 1. The van der Waals surface area contributed by atoms with Gasteiger partial charge in [0.2, 0.25) is 0 Å². The molecule has 0 saturated carbocycles. The van der Waals surface area contributed by atoms with Crippen LogP contribution < -0.4 is 0 Å². The third-order valence-electron chi connectivity index (χ3n) is 2.55. The lowest BCUT2D eigenvalue weighted by Gasteiger charge is -1.97. The van der Waals surface area contributed by atoms with E-state index in [1.165, 1.54) is 11.3 Å². The summed E-state index contributed by atoms with van der Waals surface area (Å²) in [5, 5.41) is 6.21. The molecular formula is C11H6N6OS. The van der Waals surface area contributed by atoms with Crippen molar-refractivity contribution >= 4 is 28.3 Å². The van der Waals surface area contributed by atoms with Crippen LogP contribution in [0.5, 0.6) is 0 Å². The molecule has 0 atom stereocenters. The fourth-order valence-corrected chi connectivity index (χ4v) is 2.57. The topological polar surface area (TPSA) is 107 Å². The summed E-state index contributed by atoms with van der Waals surface area (Å²) in [5.41, 5.74) is 10.0. The fraction of sp³-hybridized carbons (Fsp3) is 0. The minimum absolute atomic E-state index is 0.151. The van der Waals surface area contributed by atoms with Gasteiger partial charge < -0.3 is 4.98 Å². The second-order valence-electron chi connectivity index (χ2n) is 3.63. The van der Waals surface area contributed by atoms with Gasteiger partial charge in [-0.1, -0.05) is 0 Å². The molecule has 1 amide bonds. The maximum atomic E-state index is 11.4. The van der Waals surface area contributed by atoms with Crippen molar-refractivity contribution in [2.75, 3.05) is 0 Å². The van der Waals surface area contributed by atoms with Gasteiger partial charge in [-0.25, -0.2) is 9.97 Å². The number of amides is 1. The highest BCUT2D eigenvalue weighted by Gasteiger charge is 2.12. The summed E-state index contributed by atoms with van der Waals surface area (Å²) in [6, 6.07) is 3.73. The van der Waals surface area contributed by atoms with E-state index in [1.807, 2.05) is 12.1 Å². The SMILES string of the molecule is [N-]=[N+]=NC(=O)c1csc(-c2ccnc3[nH]ccc23)n1. The molecule has 3 aromatic rings. The fourth-order valence-electron chi connectivity index (χ4n) is 1.73. The lowest BCUT2D eigenvalue weighted by molar-refractivity contribution is 0.0996. The monoisotopic (exact) mass is 270 g/mol. The van der Waals surface area contributed by atoms with Crippen LogP contribution in [0.25, 0.3) is 32.0 Å². The molecule has 1 N–H and O–H groups in total. The van der Waals surface area contributed by atoms with Crippen molar-refractivity contribution in [1.29, 1.82) is 0 Å². The van der Waals surface area contributed by atoms with Crippen molar-refractivity contribution in [2.24, 2.45) is 5.11 Å². The van der Waals surface area contributed by atoms with Crippen molar-refractivity contribution in [2.45, 2.75) is 0 Å². The number of rotatable bonds is 2. The third-order valence-corrected chi connectivity index (χ3v) is 3.43. The number of fused-ring (bicyclic) bond motifs is 1. The smallest absolute Gasteiger partial charge is 0.268 e. The van der Waals surface area contributed by atoms with Crippen LogP contribution in [0.4, 0.5) is 0 Å². The summed E-state index contributed by atoms with van der Waals surface area (Å²) < 4.78 is 0. The van der Waals surface area contributed by atoms with Gasteiger partial charge in [-0.2, -0.15) is 0 Å². The van der Waals surface area contributed by atoms with Crippen LogP contribution in [-0.4, -0.2) is 20.9 Å². The summed E-state index contributed by atoms with van der Waals surface area (Å²) in [7, 11) is 0. The van der Waals surface area contributed by atoms with Crippen molar-refractivity contribution in [1.82, 2.24) is 15.0 Å². The number of hydrogen-bond acceptors (Lipinski definition) is 4. The Kier molecular flexibility index (Phi) is 2.71. The van der Waals surface area contributed by atoms with Crippen LogP contribution in [0.2, 0.25) is 0 Å². The van der Waals surface area contributed by atoms with E-state index in [9.17, 15) is 4.79 Å². The number of H-pyrrole nitrogens is 1. The highest BCUT2D eigenvalue weighted by atomic mass is 32.1. The van der Waals surface area contributed by atoms with E-state index in [-0.39, 0.29) is 5.69 Å².